The summed E-state index contributed by atoms with van der Waals surface area (Å²) >= 11 is 5.70. The van der Waals surface area contributed by atoms with Gasteiger partial charge in [0, 0.05) is 12.6 Å². The zero-order valence-electron chi connectivity index (χ0n) is 11.2. The maximum atomic E-state index is 13.4. The van der Waals surface area contributed by atoms with E-state index < -0.39 is 0 Å². The van der Waals surface area contributed by atoms with E-state index in [-0.39, 0.29) is 10.8 Å². The SMILES string of the molecule is Fc1cc(CNC(c2ccccc2)C2CC2)ccc1Cl. The fraction of sp³-hybridized carbons (Fsp3) is 0.294. The minimum atomic E-state index is -0.353. The summed E-state index contributed by atoms with van der Waals surface area (Å²) < 4.78 is 13.4. The van der Waals surface area contributed by atoms with Crippen LogP contribution in [0.15, 0.2) is 48.5 Å². The van der Waals surface area contributed by atoms with E-state index in [1.54, 1.807) is 6.07 Å². The van der Waals surface area contributed by atoms with Gasteiger partial charge in [0.05, 0.1) is 5.02 Å². The van der Waals surface area contributed by atoms with Crippen molar-refractivity contribution in [1.82, 2.24) is 5.32 Å². The number of rotatable bonds is 5. The van der Waals surface area contributed by atoms with Crippen molar-refractivity contribution in [2.45, 2.75) is 25.4 Å². The lowest BCUT2D eigenvalue weighted by Crippen LogP contribution is -2.22. The summed E-state index contributed by atoms with van der Waals surface area (Å²) in [5.74, 6) is 0.350. The second kappa shape index (κ2) is 5.94. The molecule has 1 saturated carbocycles. The van der Waals surface area contributed by atoms with Gasteiger partial charge < -0.3 is 5.32 Å². The molecular weight excluding hydrogens is 273 g/mol. The van der Waals surface area contributed by atoms with Gasteiger partial charge in [-0.15, -0.1) is 0 Å². The van der Waals surface area contributed by atoms with Crippen molar-refractivity contribution in [2.75, 3.05) is 0 Å². The van der Waals surface area contributed by atoms with Crippen molar-refractivity contribution in [3.63, 3.8) is 0 Å². The monoisotopic (exact) mass is 289 g/mol. The zero-order chi connectivity index (χ0) is 13.9. The first-order valence-corrected chi connectivity index (χ1v) is 7.34. The number of hydrogen-bond donors (Lipinski definition) is 1. The van der Waals surface area contributed by atoms with Crippen molar-refractivity contribution >= 4 is 11.6 Å². The van der Waals surface area contributed by atoms with Gasteiger partial charge in [-0.05, 0) is 42.0 Å². The fourth-order valence-electron chi connectivity index (χ4n) is 2.52. The summed E-state index contributed by atoms with van der Waals surface area (Å²) in [6.07, 6.45) is 2.53. The molecule has 0 spiro atoms. The van der Waals surface area contributed by atoms with Gasteiger partial charge in [-0.1, -0.05) is 48.0 Å². The second-order valence-electron chi connectivity index (χ2n) is 5.36. The first-order valence-electron chi connectivity index (χ1n) is 6.96. The molecular formula is C17H17ClFN. The van der Waals surface area contributed by atoms with Crippen LogP contribution < -0.4 is 5.32 Å². The third-order valence-corrected chi connectivity index (χ3v) is 4.07. The Morgan fingerprint density at radius 1 is 1.15 bits per heavy atom. The first-order chi connectivity index (χ1) is 9.74. The Hall–Kier alpha value is -1.38. The van der Waals surface area contributed by atoms with Crippen LogP contribution in [-0.2, 0) is 6.54 Å². The summed E-state index contributed by atoms with van der Waals surface area (Å²) in [4.78, 5) is 0. The van der Waals surface area contributed by atoms with Crippen LogP contribution >= 0.6 is 11.6 Å². The van der Waals surface area contributed by atoms with E-state index in [0.29, 0.717) is 18.5 Å². The molecule has 1 atom stereocenters. The predicted molar refractivity (Wildman–Crippen MR) is 80.2 cm³/mol. The van der Waals surface area contributed by atoms with E-state index in [0.717, 1.165) is 5.56 Å². The summed E-state index contributed by atoms with van der Waals surface area (Å²) in [5.41, 5.74) is 2.23. The lowest BCUT2D eigenvalue weighted by atomic mass is 10.0. The summed E-state index contributed by atoms with van der Waals surface area (Å²) in [7, 11) is 0. The van der Waals surface area contributed by atoms with Gasteiger partial charge in [-0.3, -0.25) is 0 Å². The van der Waals surface area contributed by atoms with Crippen LogP contribution in [0.3, 0.4) is 0 Å². The van der Waals surface area contributed by atoms with Gasteiger partial charge in [0.15, 0.2) is 0 Å². The molecule has 20 heavy (non-hydrogen) atoms. The average Bonchev–Trinajstić information content (AvgIpc) is 3.29. The van der Waals surface area contributed by atoms with Crippen molar-refractivity contribution in [2.24, 2.45) is 5.92 Å². The van der Waals surface area contributed by atoms with Crippen molar-refractivity contribution in [1.29, 1.82) is 0 Å². The lowest BCUT2D eigenvalue weighted by Gasteiger charge is -2.19. The highest BCUT2D eigenvalue weighted by Gasteiger charge is 2.31. The van der Waals surface area contributed by atoms with Gasteiger partial charge in [-0.25, -0.2) is 4.39 Å². The number of benzene rings is 2. The molecule has 0 amide bonds. The van der Waals surface area contributed by atoms with Crippen LogP contribution in [0.2, 0.25) is 5.02 Å². The maximum Gasteiger partial charge on any atom is 0.142 e. The molecule has 0 bridgehead atoms. The molecule has 2 aromatic rings. The van der Waals surface area contributed by atoms with Crippen LogP contribution in [0.4, 0.5) is 4.39 Å². The third-order valence-electron chi connectivity index (χ3n) is 3.76. The Balaban J connectivity index is 1.70. The normalized spacial score (nSPS) is 16.1. The maximum absolute atomic E-state index is 13.4. The Kier molecular flexibility index (Phi) is 4.04. The van der Waals surface area contributed by atoms with Crippen molar-refractivity contribution < 1.29 is 4.39 Å². The summed E-state index contributed by atoms with van der Waals surface area (Å²) in [6.45, 7) is 0.657. The Bertz CT molecular complexity index is 581. The molecule has 1 N–H and O–H groups in total. The van der Waals surface area contributed by atoms with Crippen LogP contribution in [-0.4, -0.2) is 0 Å². The van der Waals surface area contributed by atoms with Crippen LogP contribution in [0.1, 0.15) is 30.0 Å². The highest BCUT2D eigenvalue weighted by Crippen LogP contribution is 2.41. The minimum absolute atomic E-state index is 0.176. The quantitative estimate of drug-likeness (QED) is 0.840. The zero-order valence-corrected chi connectivity index (χ0v) is 11.9. The van der Waals surface area contributed by atoms with Crippen LogP contribution in [0, 0.1) is 11.7 Å². The lowest BCUT2D eigenvalue weighted by molar-refractivity contribution is 0.479. The first kappa shape index (κ1) is 13.6. The highest BCUT2D eigenvalue weighted by molar-refractivity contribution is 6.30. The van der Waals surface area contributed by atoms with Gasteiger partial charge in [-0.2, -0.15) is 0 Å². The summed E-state index contributed by atoms with van der Waals surface area (Å²) in [5, 5.41) is 3.73. The molecule has 0 radical (unpaired) electrons. The van der Waals surface area contributed by atoms with Gasteiger partial charge >= 0.3 is 0 Å². The Morgan fingerprint density at radius 3 is 2.55 bits per heavy atom. The van der Waals surface area contributed by atoms with Gasteiger partial charge in [0.1, 0.15) is 5.82 Å². The van der Waals surface area contributed by atoms with Crippen LogP contribution in [0.25, 0.3) is 0 Å². The average molecular weight is 290 g/mol. The summed E-state index contributed by atoms with van der Waals surface area (Å²) in [6, 6.07) is 15.8. The molecule has 3 heteroatoms. The molecule has 2 aromatic carbocycles. The van der Waals surface area contributed by atoms with E-state index in [4.69, 9.17) is 11.6 Å². The van der Waals surface area contributed by atoms with Crippen molar-refractivity contribution in [3.8, 4) is 0 Å². The predicted octanol–water partition coefficient (Wildman–Crippen LogP) is 4.72. The van der Waals surface area contributed by atoms with E-state index in [1.807, 2.05) is 12.1 Å². The standard InChI is InChI=1S/C17H17ClFN/c18-15-9-6-12(10-16(15)19)11-20-17(14-7-8-14)13-4-2-1-3-5-13/h1-6,9-10,14,17,20H,7-8,11H2. The molecule has 1 unspecified atom stereocenters. The smallest absolute Gasteiger partial charge is 0.142 e. The number of hydrogen-bond acceptors (Lipinski definition) is 1. The number of halogens is 2. The van der Waals surface area contributed by atoms with Gasteiger partial charge in [0.2, 0.25) is 0 Å². The fourth-order valence-corrected chi connectivity index (χ4v) is 2.64. The second-order valence-corrected chi connectivity index (χ2v) is 5.76. The Labute approximate surface area is 123 Å². The molecule has 0 saturated heterocycles. The Morgan fingerprint density at radius 2 is 1.90 bits per heavy atom. The molecule has 1 fully saturated rings. The minimum Gasteiger partial charge on any atom is -0.306 e. The third kappa shape index (κ3) is 3.20. The largest absolute Gasteiger partial charge is 0.306 e. The molecule has 0 aromatic heterocycles. The van der Waals surface area contributed by atoms with E-state index in [2.05, 4.69) is 29.6 Å². The molecule has 0 aliphatic heterocycles. The van der Waals surface area contributed by atoms with E-state index in [9.17, 15) is 4.39 Å². The van der Waals surface area contributed by atoms with E-state index >= 15 is 0 Å². The molecule has 1 nitrogen and oxygen atoms in total. The molecule has 1 aliphatic rings. The van der Waals surface area contributed by atoms with Crippen molar-refractivity contribution in [3.05, 3.63) is 70.5 Å². The highest BCUT2D eigenvalue weighted by atomic mass is 35.5. The van der Waals surface area contributed by atoms with Crippen LogP contribution in [0.5, 0.6) is 0 Å². The van der Waals surface area contributed by atoms with Gasteiger partial charge in [0.25, 0.3) is 0 Å². The number of nitrogens with one attached hydrogen (secondary N) is 1. The molecule has 104 valence electrons. The van der Waals surface area contributed by atoms with E-state index in [1.165, 1.54) is 24.5 Å². The topological polar surface area (TPSA) is 12.0 Å². The molecule has 3 rings (SSSR count). The molecule has 1 aliphatic carbocycles. The molecule has 0 heterocycles.